The number of nitrogens with zero attached hydrogens (tertiary/aromatic N) is 1. The molecule has 1 heterocycles. The molecule has 0 aromatic heterocycles. The molecular weight excluding hydrogens is 166 g/mol. The highest BCUT2D eigenvalue weighted by Crippen LogP contribution is 2.29. The Morgan fingerprint density at radius 2 is 2.31 bits per heavy atom. The minimum Gasteiger partial charge on any atom is -0.478 e. The molecule has 2 rings (SSSR count). The average Bonchev–Trinajstić information content (AvgIpc) is 2.43. The highest BCUT2D eigenvalue weighted by Gasteiger charge is 2.18. The van der Waals surface area contributed by atoms with Crippen molar-refractivity contribution in [2.24, 2.45) is 4.99 Å². The van der Waals surface area contributed by atoms with Crippen LogP contribution in [0.3, 0.4) is 0 Å². The highest BCUT2D eigenvalue weighted by molar-refractivity contribution is 5.99. The lowest BCUT2D eigenvalue weighted by Crippen LogP contribution is -2.02. The molecular formula is C10H9NO2. The zero-order valence-electron chi connectivity index (χ0n) is 7.24. The third-order valence-corrected chi connectivity index (χ3v) is 2.13. The molecule has 13 heavy (non-hydrogen) atoms. The van der Waals surface area contributed by atoms with Gasteiger partial charge in [-0.05, 0) is 24.6 Å². The Balaban J connectivity index is 2.57. The summed E-state index contributed by atoms with van der Waals surface area (Å²) >= 11 is 0. The Bertz CT molecular complexity index is 407. The summed E-state index contributed by atoms with van der Waals surface area (Å²) < 4.78 is 0. The van der Waals surface area contributed by atoms with Crippen molar-refractivity contribution in [3.05, 3.63) is 29.3 Å². The normalized spacial score (nSPS) is 13.8. The zero-order valence-corrected chi connectivity index (χ0v) is 7.24. The lowest BCUT2D eigenvalue weighted by molar-refractivity contribution is 0.0696. The number of hydrogen-bond donors (Lipinski definition) is 1. The zero-order chi connectivity index (χ0) is 9.42. The number of hydrogen-bond acceptors (Lipinski definition) is 2. The van der Waals surface area contributed by atoms with Crippen LogP contribution >= 0.6 is 0 Å². The minimum absolute atomic E-state index is 0.373. The standard InChI is InChI=1S/C10H9NO2/c1-6-5-8-7(10(12)13)3-2-4-9(8)11-6/h2-4H,5H2,1H3,(H,12,13). The van der Waals surface area contributed by atoms with Crippen molar-refractivity contribution in [1.82, 2.24) is 0 Å². The SMILES string of the molecule is CC1=Nc2cccc(C(=O)O)c2C1. The number of rotatable bonds is 1. The maximum Gasteiger partial charge on any atom is 0.336 e. The van der Waals surface area contributed by atoms with Crippen LogP contribution in [0.1, 0.15) is 22.8 Å². The summed E-state index contributed by atoms with van der Waals surface area (Å²) in [5, 5.41) is 8.88. The predicted octanol–water partition coefficient (Wildman–Crippen LogP) is 2.03. The number of aliphatic imine (C=N–C) groups is 1. The van der Waals surface area contributed by atoms with E-state index in [1.54, 1.807) is 12.1 Å². The molecule has 0 unspecified atom stereocenters. The summed E-state index contributed by atoms with van der Waals surface area (Å²) in [7, 11) is 0. The Hall–Kier alpha value is -1.64. The first-order chi connectivity index (χ1) is 6.18. The Kier molecular flexibility index (Phi) is 1.65. The maximum absolute atomic E-state index is 10.8. The van der Waals surface area contributed by atoms with Crippen LogP contribution in [0.2, 0.25) is 0 Å². The van der Waals surface area contributed by atoms with Gasteiger partial charge in [0.05, 0.1) is 11.3 Å². The molecule has 1 aliphatic heterocycles. The monoisotopic (exact) mass is 175 g/mol. The third kappa shape index (κ3) is 1.22. The molecule has 1 aliphatic rings. The Morgan fingerprint density at radius 3 is 3.00 bits per heavy atom. The summed E-state index contributed by atoms with van der Waals surface area (Å²) in [5.41, 5.74) is 2.99. The first-order valence-electron chi connectivity index (χ1n) is 4.08. The molecule has 3 nitrogen and oxygen atoms in total. The molecule has 0 fully saturated rings. The molecule has 1 aromatic rings. The van der Waals surface area contributed by atoms with Gasteiger partial charge >= 0.3 is 5.97 Å². The van der Waals surface area contributed by atoms with Crippen molar-refractivity contribution < 1.29 is 9.90 Å². The summed E-state index contributed by atoms with van der Waals surface area (Å²) in [6.45, 7) is 1.91. The van der Waals surface area contributed by atoms with Crippen molar-refractivity contribution in [3.8, 4) is 0 Å². The molecule has 1 N–H and O–H groups in total. The molecule has 0 saturated carbocycles. The maximum atomic E-state index is 10.8. The molecule has 0 saturated heterocycles. The van der Waals surface area contributed by atoms with Gasteiger partial charge in [0.25, 0.3) is 0 Å². The number of fused-ring (bicyclic) bond motifs is 1. The number of carboxylic acids is 1. The molecule has 66 valence electrons. The Morgan fingerprint density at radius 1 is 1.54 bits per heavy atom. The molecule has 0 amide bonds. The van der Waals surface area contributed by atoms with Gasteiger partial charge in [0.1, 0.15) is 0 Å². The van der Waals surface area contributed by atoms with Gasteiger partial charge in [0, 0.05) is 12.1 Å². The van der Waals surface area contributed by atoms with Crippen LogP contribution in [0.25, 0.3) is 0 Å². The van der Waals surface area contributed by atoms with E-state index in [-0.39, 0.29) is 0 Å². The predicted molar refractivity (Wildman–Crippen MR) is 49.9 cm³/mol. The van der Waals surface area contributed by atoms with Crippen molar-refractivity contribution in [2.45, 2.75) is 13.3 Å². The molecule has 0 bridgehead atoms. The number of carbonyl (C=O) groups is 1. The van der Waals surface area contributed by atoms with Crippen molar-refractivity contribution in [2.75, 3.05) is 0 Å². The van der Waals surface area contributed by atoms with E-state index in [0.717, 1.165) is 17.0 Å². The van der Waals surface area contributed by atoms with Crippen LogP contribution in [0, 0.1) is 0 Å². The molecule has 0 aliphatic carbocycles. The Labute approximate surface area is 75.7 Å². The third-order valence-electron chi connectivity index (χ3n) is 2.13. The van der Waals surface area contributed by atoms with Crippen LogP contribution in [-0.4, -0.2) is 16.8 Å². The van der Waals surface area contributed by atoms with E-state index in [1.807, 2.05) is 13.0 Å². The quantitative estimate of drug-likeness (QED) is 0.709. The van der Waals surface area contributed by atoms with Gasteiger partial charge < -0.3 is 5.11 Å². The summed E-state index contributed by atoms with van der Waals surface area (Å²) in [5.74, 6) is -0.873. The van der Waals surface area contributed by atoms with Gasteiger partial charge in [-0.25, -0.2) is 4.79 Å². The average molecular weight is 175 g/mol. The lowest BCUT2D eigenvalue weighted by Gasteiger charge is -2.01. The van der Waals surface area contributed by atoms with Crippen molar-refractivity contribution in [3.63, 3.8) is 0 Å². The minimum atomic E-state index is -0.873. The van der Waals surface area contributed by atoms with Gasteiger partial charge in [-0.3, -0.25) is 4.99 Å². The number of benzene rings is 1. The fraction of sp³-hybridized carbons (Fsp3) is 0.200. The summed E-state index contributed by atoms with van der Waals surface area (Å²) in [4.78, 5) is 15.1. The van der Waals surface area contributed by atoms with E-state index in [1.165, 1.54) is 0 Å². The van der Waals surface area contributed by atoms with Crippen LogP contribution < -0.4 is 0 Å². The van der Waals surface area contributed by atoms with Crippen LogP contribution in [-0.2, 0) is 6.42 Å². The second kappa shape index (κ2) is 2.69. The molecule has 0 radical (unpaired) electrons. The van der Waals surface area contributed by atoms with E-state index in [0.29, 0.717) is 12.0 Å². The highest BCUT2D eigenvalue weighted by atomic mass is 16.4. The second-order valence-electron chi connectivity index (χ2n) is 3.13. The second-order valence-corrected chi connectivity index (χ2v) is 3.13. The fourth-order valence-corrected chi connectivity index (χ4v) is 1.57. The molecule has 1 aromatic carbocycles. The van der Waals surface area contributed by atoms with Gasteiger partial charge in [0.2, 0.25) is 0 Å². The first kappa shape index (κ1) is 7.98. The van der Waals surface area contributed by atoms with Crippen LogP contribution in [0.4, 0.5) is 5.69 Å². The first-order valence-corrected chi connectivity index (χ1v) is 4.08. The van der Waals surface area contributed by atoms with Crippen LogP contribution in [0.5, 0.6) is 0 Å². The summed E-state index contributed by atoms with van der Waals surface area (Å²) in [6, 6.07) is 5.19. The van der Waals surface area contributed by atoms with Gasteiger partial charge in [-0.15, -0.1) is 0 Å². The van der Waals surface area contributed by atoms with E-state index < -0.39 is 5.97 Å². The van der Waals surface area contributed by atoms with Crippen LogP contribution in [0.15, 0.2) is 23.2 Å². The van der Waals surface area contributed by atoms with Gasteiger partial charge in [-0.1, -0.05) is 6.07 Å². The smallest absolute Gasteiger partial charge is 0.336 e. The molecule has 0 atom stereocenters. The molecule has 0 spiro atoms. The van der Waals surface area contributed by atoms with E-state index >= 15 is 0 Å². The van der Waals surface area contributed by atoms with E-state index in [2.05, 4.69) is 4.99 Å². The topological polar surface area (TPSA) is 49.7 Å². The summed E-state index contributed by atoms with van der Waals surface area (Å²) in [6.07, 6.45) is 0.664. The number of carboxylic acid groups (broad SMARTS) is 1. The fourth-order valence-electron chi connectivity index (χ4n) is 1.57. The van der Waals surface area contributed by atoms with Gasteiger partial charge in [-0.2, -0.15) is 0 Å². The van der Waals surface area contributed by atoms with Gasteiger partial charge in [0.15, 0.2) is 0 Å². The van der Waals surface area contributed by atoms with Crippen molar-refractivity contribution in [1.29, 1.82) is 0 Å². The number of aromatic carboxylic acids is 1. The van der Waals surface area contributed by atoms with E-state index in [9.17, 15) is 4.79 Å². The lowest BCUT2D eigenvalue weighted by atomic mass is 10.0. The largest absolute Gasteiger partial charge is 0.478 e. The van der Waals surface area contributed by atoms with E-state index in [4.69, 9.17) is 5.11 Å². The molecule has 3 heteroatoms. The van der Waals surface area contributed by atoms with Crippen molar-refractivity contribution >= 4 is 17.4 Å².